The number of pyridine rings is 2. The molecule has 0 saturated heterocycles. The van der Waals surface area contributed by atoms with Crippen LogP contribution in [0.25, 0.3) is 27.9 Å². The van der Waals surface area contributed by atoms with Crippen LogP contribution < -0.4 is 10.1 Å². The van der Waals surface area contributed by atoms with Gasteiger partial charge >= 0.3 is 0 Å². The summed E-state index contributed by atoms with van der Waals surface area (Å²) < 4.78 is 7.45. The van der Waals surface area contributed by atoms with E-state index in [-0.39, 0.29) is 0 Å². The quantitative estimate of drug-likeness (QED) is 0.387. The van der Waals surface area contributed by atoms with Crippen LogP contribution in [0, 0.1) is 13.8 Å². The Morgan fingerprint density at radius 2 is 1.72 bits per heavy atom. The van der Waals surface area contributed by atoms with Crippen molar-refractivity contribution in [1.29, 1.82) is 0 Å². The van der Waals surface area contributed by atoms with Crippen molar-refractivity contribution in [2.45, 2.75) is 13.8 Å². The molecule has 6 heteroatoms. The predicted molar refractivity (Wildman–Crippen MR) is 127 cm³/mol. The van der Waals surface area contributed by atoms with Crippen molar-refractivity contribution in [2.75, 3.05) is 12.4 Å². The van der Waals surface area contributed by atoms with Crippen LogP contribution in [0.1, 0.15) is 11.3 Å². The van der Waals surface area contributed by atoms with Crippen LogP contribution in [0.5, 0.6) is 5.75 Å². The van der Waals surface area contributed by atoms with E-state index in [2.05, 4.69) is 52.7 Å². The van der Waals surface area contributed by atoms with E-state index in [1.54, 1.807) is 11.6 Å². The van der Waals surface area contributed by atoms with Crippen LogP contribution in [-0.4, -0.2) is 26.7 Å². The number of anilines is 2. The molecule has 5 aromatic rings. The first-order valence-corrected chi connectivity index (χ1v) is 10.4. The second-order valence-corrected chi connectivity index (χ2v) is 7.72. The molecule has 0 aliphatic carbocycles. The average Bonchev–Trinajstić information content (AvgIpc) is 3.22. The van der Waals surface area contributed by atoms with E-state index in [0.717, 1.165) is 45.0 Å². The monoisotopic (exact) mass is 421 g/mol. The molecule has 0 amide bonds. The number of nitrogens with one attached hydrogen (secondary N) is 1. The van der Waals surface area contributed by atoms with Gasteiger partial charge in [-0.3, -0.25) is 4.98 Å². The van der Waals surface area contributed by atoms with Crippen molar-refractivity contribution in [1.82, 2.24) is 19.6 Å². The molecule has 0 aliphatic heterocycles. The number of hydrogen-bond acceptors (Lipinski definition) is 5. The third kappa shape index (κ3) is 3.78. The Hall–Kier alpha value is -4.19. The summed E-state index contributed by atoms with van der Waals surface area (Å²) >= 11 is 0. The molecule has 0 bridgehead atoms. The van der Waals surface area contributed by atoms with Crippen molar-refractivity contribution >= 4 is 17.3 Å². The molecule has 0 aliphatic rings. The summed E-state index contributed by atoms with van der Waals surface area (Å²) in [6.45, 7) is 4.06. The van der Waals surface area contributed by atoms with Gasteiger partial charge in [-0.05, 0) is 61.4 Å². The minimum Gasteiger partial charge on any atom is -0.496 e. The largest absolute Gasteiger partial charge is 0.496 e. The lowest BCUT2D eigenvalue weighted by molar-refractivity contribution is 0.416. The van der Waals surface area contributed by atoms with E-state index in [1.165, 1.54) is 5.56 Å². The maximum Gasteiger partial charge on any atom is 0.247 e. The molecule has 0 unspecified atom stereocenters. The molecule has 32 heavy (non-hydrogen) atoms. The van der Waals surface area contributed by atoms with Gasteiger partial charge in [0, 0.05) is 41.0 Å². The summed E-state index contributed by atoms with van der Waals surface area (Å²) in [5.74, 6) is 1.30. The summed E-state index contributed by atoms with van der Waals surface area (Å²) in [4.78, 5) is 9.02. The normalized spacial score (nSPS) is 11.0. The van der Waals surface area contributed by atoms with Crippen molar-refractivity contribution in [3.05, 3.63) is 90.4 Å². The second kappa shape index (κ2) is 8.15. The Kier molecular flexibility index (Phi) is 5.03. The van der Waals surface area contributed by atoms with E-state index in [4.69, 9.17) is 9.72 Å². The minimum atomic E-state index is 0.527. The van der Waals surface area contributed by atoms with Crippen molar-refractivity contribution in [2.24, 2.45) is 0 Å². The zero-order valence-electron chi connectivity index (χ0n) is 18.2. The molecule has 1 N–H and O–H groups in total. The molecule has 0 saturated carbocycles. The second-order valence-electron chi connectivity index (χ2n) is 7.72. The molecule has 5 rings (SSSR count). The van der Waals surface area contributed by atoms with Crippen LogP contribution in [0.3, 0.4) is 0 Å². The fourth-order valence-corrected chi connectivity index (χ4v) is 3.77. The molecule has 3 aromatic heterocycles. The van der Waals surface area contributed by atoms with Gasteiger partial charge in [-0.1, -0.05) is 29.8 Å². The first-order valence-electron chi connectivity index (χ1n) is 10.4. The van der Waals surface area contributed by atoms with Crippen molar-refractivity contribution in [3.63, 3.8) is 0 Å². The molecule has 0 radical (unpaired) electrons. The van der Waals surface area contributed by atoms with Crippen molar-refractivity contribution in [3.8, 4) is 28.0 Å². The Bertz CT molecular complexity index is 1410. The lowest BCUT2D eigenvalue weighted by Crippen LogP contribution is -1.95. The summed E-state index contributed by atoms with van der Waals surface area (Å²) in [7, 11) is 1.67. The van der Waals surface area contributed by atoms with Gasteiger partial charge in [-0.25, -0.2) is 4.52 Å². The van der Waals surface area contributed by atoms with Crippen LogP contribution in [0.4, 0.5) is 11.6 Å². The standard InChI is InChI=1S/C26H23N5O/c1-17-6-8-19(9-7-17)23-5-4-14-31-25(23)29-26(30-31)28-21-10-11-22(24(16-21)32-3)20-12-13-27-18(2)15-20/h4-16H,1-3H3,(H,28,30). The van der Waals surface area contributed by atoms with Crippen LogP contribution in [0.2, 0.25) is 0 Å². The Balaban J connectivity index is 1.48. The zero-order valence-corrected chi connectivity index (χ0v) is 18.2. The van der Waals surface area contributed by atoms with E-state index in [0.29, 0.717) is 5.95 Å². The number of methoxy groups -OCH3 is 1. The van der Waals surface area contributed by atoms with Gasteiger partial charge in [0.15, 0.2) is 5.65 Å². The number of hydrogen-bond donors (Lipinski definition) is 1. The minimum absolute atomic E-state index is 0.527. The number of ether oxygens (including phenoxy) is 1. The summed E-state index contributed by atoms with van der Waals surface area (Å²) in [6, 6.07) is 22.5. The Labute approximate surface area is 186 Å². The van der Waals surface area contributed by atoms with Gasteiger partial charge in [0.25, 0.3) is 0 Å². The summed E-state index contributed by atoms with van der Waals surface area (Å²) in [5.41, 5.74) is 8.06. The van der Waals surface area contributed by atoms with Gasteiger partial charge in [0.2, 0.25) is 5.95 Å². The van der Waals surface area contributed by atoms with Crippen LogP contribution in [0.15, 0.2) is 79.1 Å². The maximum absolute atomic E-state index is 5.66. The first kappa shape index (κ1) is 19.8. The number of benzene rings is 2. The van der Waals surface area contributed by atoms with E-state index in [9.17, 15) is 0 Å². The fraction of sp³-hybridized carbons (Fsp3) is 0.115. The van der Waals surface area contributed by atoms with E-state index in [1.807, 2.05) is 55.7 Å². The molecule has 0 spiro atoms. The molecule has 6 nitrogen and oxygen atoms in total. The lowest BCUT2D eigenvalue weighted by Gasteiger charge is -2.11. The average molecular weight is 422 g/mol. The number of aromatic nitrogens is 4. The summed E-state index contributed by atoms with van der Waals surface area (Å²) in [6.07, 6.45) is 3.71. The lowest BCUT2D eigenvalue weighted by atomic mass is 10.0. The molecular formula is C26H23N5O. The predicted octanol–water partition coefficient (Wildman–Crippen LogP) is 5.83. The molecular weight excluding hydrogens is 398 g/mol. The van der Waals surface area contributed by atoms with Gasteiger partial charge in [0.1, 0.15) is 5.75 Å². The van der Waals surface area contributed by atoms with Gasteiger partial charge in [-0.15, -0.1) is 5.10 Å². The zero-order chi connectivity index (χ0) is 22.1. The molecule has 158 valence electrons. The van der Waals surface area contributed by atoms with E-state index < -0.39 is 0 Å². The Morgan fingerprint density at radius 3 is 2.50 bits per heavy atom. The van der Waals surface area contributed by atoms with Gasteiger partial charge in [0.05, 0.1) is 7.11 Å². The third-order valence-electron chi connectivity index (χ3n) is 5.39. The Morgan fingerprint density at radius 1 is 0.875 bits per heavy atom. The maximum atomic E-state index is 5.66. The summed E-state index contributed by atoms with van der Waals surface area (Å²) in [5, 5.41) is 7.92. The van der Waals surface area contributed by atoms with Crippen LogP contribution >= 0.6 is 0 Å². The van der Waals surface area contributed by atoms with Crippen LogP contribution in [-0.2, 0) is 0 Å². The first-order chi connectivity index (χ1) is 15.6. The number of nitrogens with zero attached hydrogens (tertiary/aromatic N) is 4. The molecule has 2 aromatic carbocycles. The fourth-order valence-electron chi connectivity index (χ4n) is 3.77. The smallest absolute Gasteiger partial charge is 0.247 e. The highest BCUT2D eigenvalue weighted by atomic mass is 16.5. The molecule has 3 heterocycles. The van der Waals surface area contributed by atoms with Gasteiger partial charge < -0.3 is 10.1 Å². The number of aryl methyl sites for hydroxylation is 2. The SMILES string of the molecule is COc1cc(Nc2nc3c(-c4ccc(C)cc4)cccn3n2)ccc1-c1ccnc(C)c1. The number of rotatable bonds is 5. The van der Waals surface area contributed by atoms with Gasteiger partial charge in [-0.2, -0.15) is 4.98 Å². The number of fused-ring (bicyclic) bond motifs is 1. The highest BCUT2D eigenvalue weighted by molar-refractivity contribution is 5.79. The molecule has 0 fully saturated rings. The molecule has 0 atom stereocenters. The third-order valence-corrected chi connectivity index (χ3v) is 5.39. The van der Waals surface area contributed by atoms with Crippen molar-refractivity contribution < 1.29 is 4.74 Å². The van der Waals surface area contributed by atoms with E-state index >= 15 is 0 Å². The highest BCUT2D eigenvalue weighted by Gasteiger charge is 2.12. The topological polar surface area (TPSA) is 64.3 Å². The highest BCUT2D eigenvalue weighted by Crippen LogP contribution is 2.33.